The minimum absolute atomic E-state index is 0.0546. The van der Waals surface area contributed by atoms with E-state index in [0.29, 0.717) is 29.3 Å². The van der Waals surface area contributed by atoms with Crippen molar-refractivity contribution in [3.63, 3.8) is 0 Å². The molecular formula is C22H18F2N6O2. The summed E-state index contributed by atoms with van der Waals surface area (Å²) in [5.74, 6) is -0.400. The van der Waals surface area contributed by atoms with Gasteiger partial charge in [-0.3, -0.25) is 4.79 Å². The molecule has 3 aromatic rings. The van der Waals surface area contributed by atoms with E-state index in [0.717, 1.165) is 0 Å². The van der Waals surface area contributed by atoms with Gasteiger partial charge in [-0.25, -0.2) is 18.4 Å². The number of carbonyl (C=O) groups is 1. The zero-order valence-corrected chi connectivity index (χ0v) is 16.8. The minimum atomic E-state index is -1.27. The summed E-state index contributed by atoms with van der Waals surface area (Å²) >= 11 is 0. The molecule has 2 N–H and O–H groups in total. The number of aliphatic hydroxyl groups is 1. The molecule has 1 saturated heterocycles. The largest absolute Gasteiger partial charge is 0.388 e. The summed E-state index contributed by atoms with van der Waals surface area (Å²) in [6.45, 7) is 0.686. The van der Waals surface area contributed by atoms with Crippen LogP contribution < -0.4 is 10.2 Å². The lowest BCUT2D eigenvalue weighted by Crippen LogP contribution is -2.45. The lowest BCUT2D eigenvalue weighted by Gasteiger charge is -2.32. The number of aromatic nitrogens is 3. The molecular weight excluding hydrogens is 418 g/mol. The van der Waals surface area contributed by atoms with Gasteiger partial charge in [0.1, 0.15) is 18.1 Å². The fourth-order valence-electron chi connectivity index (χ4n) is 4.13. The van der Waals surface area contributed by atoms with Crippen LogP contribution in [0.15, 0.2) is 36.5 Å². The van der Waals surface area contributed by atoms with Crippen LogP contribution in [0, 0.1) is 17.1 Å². The number of anilines is 1. The molecule has 32 heavy (non-hydrogen) atoms. The highest BCUT2D eigenvalue weighted by Crippen LogP contribution is 2.32. The van der Waals surface area contributed by atoms with E-state index in [1.54, 1.807) is 17.2 Å². The molecule has 2 aliphatic heterocycles. The molecule has 0 radical (unpaired) electrons. The fourth-order valence-corrected chi connectivity index (χ4v) is 4.13. The van der Waals surface area contributed by atoms with Crippen LogP contribution in [0.4, 0.5) is 14.6 Å². The molecule has 8 nitrogen and oxygen atoms in total. The number of alkyl halides is 1. The van der Waals surface area contributed by atoms with E-state index < -0.39 is 18.1 Å². The number of halogens is 2. The molecule has 0 spiro atoms. The van der Waals surface area contributed by atoms with Crippen LogP contribution >= 0.6 is 0 Å². The Hall–Kier alpha value is -3.84. The quantitative estimate of drug-likeness (QED) is 0.651. The maximum Gasteiger partial charge on any atom is 0.255 e. The van der Waals surface area contributed by atoms with Gasteiger partial charge in [0, 0.05) is 25.4 Å². The molecule has 0 aliphatic carbocycles. The average Bonchev–Trinajstić information content (AvgIpc) is 3.42. The van der Waals surface area contributed by atoms with Crippen molar-refractivity contribution in [2.45, 2.75) is 25.2 Å². The molecule has 2 atom stereocenters. The molecule has 2 aliphatic rings. The number of fused-ring (bicyclic) bond motifs is 1. The van der Waals surface area contributed by atoms with Crippen molar-refractivity contribution >= 4 is 11.7 Å². The number of carbonyl (C=O) groups excluding carboxylic acids is 1. The van der Waals surface area contributed by atoms with Gasteiger partial charge in [0.05, 0.1) is 46.4 Å². The van der Waals surface area contributed by atoms with Crippen LogP contribution in [0.1, 0.15) is 28.0 Å². The highest BCUT2D eigenvalue weighted by atomic mass is 19.1. The molecule has 2 unspecified atom stereocenters. The van der Waals surface area contributed by atoms with Gasteiger partial charge < -0.3 is 15.3 Å². The van der Waals surface area contributed by atoms with Gasteiger partial charge in [-0.1, -0.05) is 6.07 Å². The number of nitriles is 1. The number of benzene rings is 1. The van der Waals surface area contributed by atoms with E-state index in [-0.39, 0.29) is 42.2 Å². The first-order valence-corrected chi connectivity index (χ1v) is 10.1. The Kier molecular flexibility index (Phi) is 4.83. The standard InChI is InChI=1S/C22H18F2N6O2/c23-13-4-6-29(11-18(13)31)19-5-7-30(28-19)17-8-15(27-16-10-26-22(32)21(16)17)20-12(9-25)2-1-3-14(20)24/h1-3,5,7-8,13,18,31H,4,6,10-11H2,(H,26,32). The number of nitrogens with one attached hydrogen (secondary N) is 1. The van der Waals surface area contributed by atoms with Crippen LogP contribution in [-0.4, -0.2) is 51.1 Å². The van der Waals surface area contributed by atoms with E-state index in [1.807, 2.05) is 6.07 Å². The number of hydrogen-bond acceptors (Lipinski definition) is 6. The van der Waals surface area contributed by atoms with Crippen molar-refractivity contribution in [2.75, 3.05) is 18.0 Å². The number of piperidine rings is 1. The topological polar surface area (TPSA) is 107 Å². The Morgan fingerprint density at radius 3 is 2.91 bits per heavy atom. The third-order valence-corrected chi connectivity index (χ3v) is 5.75. The Morgan fingerprint density at radius 1 is 1.28 bits per heavy atom. The smallest absolute Gasteiger partial charge is 0.255 e. The van der Waals surface area contributed by atoms with Gasteiger partial charge in [-0.2, -0.15) is 10.4 Å². The van der Waals surface area contributed by atoms with Crippen molar-refractivity contribution in [3.8, 4) is 23.0 Å². The van der Waals surface area contributed by atoms with Crippen LogP contribution in [0.5, 0.6) is 0 Å². The Bertz CT molecular complexity index is 1270. The molecule has 5 rings (SSSR count). The number of aliphatic hydroxyl groups excluding tert-OH is 1. The van der Waals surface area contributed by atoms with Crippen molar-refractivity contribution < 1.29 is 18.7 Å². The van der Waals surface area contributed by atoms with E-state index in [2.05, 4.69) is 15.4 Å². The third kappa shape index (κ3) is 3.27. The highest BCUT2D eigenvalue weighted by Gasteiger charge is 2.30. The van der Waals surface area contributed by atoms with Crippen LogP contribution in [0.2, 0.25) is 0 Å². The molecule has 162 valence electrons. The molecule has 1 fully saturated rings. The first-order valence-electron chi connectivity index (χ1n) is 10.1. The summed E-state index contributed by atoms with van der Waals surface area (Å²) in [5.41, 5.74) is 1.54. The predicted octanol–water partition coefficient (Wildman–Crippen LogP) is 2.10. The zero-order valence-electron chi connectivity index (χ0n) is 16.8. The van der Waals surface area contributed by atoms with Crippen molar-refractivity contribution in [1.82, 2.24) is 20.1 Å². The third-order valence-electron chi connectivity index (χ3n) is 5.75. The predicted molar refractivity (Wildman–Crippen MR) is 110 cm³/mol. The molecule has 0 bridgehead atoms. The second-order valence-electron chi connectivity index (χ2n) is 7.74. The van der Waals surface area contributed by atoms with Gasteiger partial charge in [-0.05, 0) is 24.6 Å². The second kappa shape index (κ2) is 7.69. The monoisotopic (exact) mass is 436 g/mol. The van der Waals surface area contributed by atoms with Gasteiger partial charge in [0.25, 0.3) is 5.91 Å². The number of β-amino-alcohol motifs (C(OH)–C–C–N with tert-alkyl or cyclic N) is 1. The number of nitrogens with zero attached hydrogens (tertiary/aromatic N) is 5. The number of rotatable bonds is 3. The molecule has 0 saturated carbocycles. The Labute approximate surface area is 181 Å². The van der Waals surface area contributed by atoms with E-state index in [1.165, 1.54) is 28.9 Å². The normalized spacial score (nSPS) is 20.1. The summed E-state index contributed by atoms with van der Waals surface area (Å²) < 4.78 is 29.7. The van der Waals surface area contributed by atoms with Gasteiger partial charge >= 0.3 is 0 Å². The first kappa shape index (κ1) is 20.1. The number of amides is 1. The maximum atomic E-state index is 14.6. The summed E-state index contributed by atoms with van der Waals surface area (Å²) in [4.78, 5) is 18.7. The molecule has 1 aromatic carbocycles. The number of pyridine rings is 1. The van der Waals surface area contributed by atoms with E-state index in [4.69, 9.17) is 0 Å². The average molecular weight is 436 g/mol. The molecule has 10 heteroatoms. The minimum Gasteiger partial charge on any atom is -0.388 e. The zero-order chi connectivity index (χ0) is 22.4. The Balaban J connectivity index is 1.61. The summed E-state index contributed by atoms with van der Waals surface area (Å²) in [7, 11) is 0. The molecule has 1 amide bonds. The SMILES string of the molecule is N#Cc1cccc(F)c1-c1cc(-n2ccc(N3CCC(F)C(O)C3)n2)c2c(n1)CNC2=O. The van der Waals surface area contributed by atoms with Crippen molar-refractivity contribution in [3.05, 3.63) is 59.2 Å². The van der Waals surface area contributed by atoms with Gasteiger partial charge in [-0.15, -0.1) is 0 Å². The fraction of sp³-hybridized carbons (Fsp3) is 0.273. The molecule has 4 heterocycles. The lowest BCUT2D eigenvalue weighted by molar-refractivity contribution is 0.0642. The van der Waals surface area contributed by atoms with Gasteiger partial charge in [0.2, 0.25) is 0 Å². The molecule has 2 aromatic heterocycles. The summed E-state index contributed by atoms with van der Waals surface area (Å²) in [6.07, 6.45) is -0.531. The second-order valence-corrected chi connectivity index (χ2v) is 7.74. The van der Waals surface area contributed by atoms with Crippen LogP contribution in [-0.2, 0) is 6.54 Å². The van der Waals surface area contributed by atoms with Gasteiger partial charge in [0.15, 0.2) is 5.82 Å². The summed E-state index contributed by atoms with van der Waals surface area (Å²) in [5, 5.41) is 26.5. The van der Waals surface area contributed by atoms with Crippen molar-refractivity contribution in [2.24, 2.45) is 0 Å². The summed E-state index contributed by atoms with van der Waals surface area (Å²) in [6, 6.07) is 9.41. The number of hydrogen-bond donors (Lipinski definition) is 2. The van der Waals surface area contributed by atoms with Crippen molar-refractivity contribution in [1.29, 1.82) is 5.26 Å². The highest BCUT2D eigenvalue weighted by molar-refractivity contribution is 6.01. The first-order chi connectivity index (χ1) is 15.5. The van der Waals surface area contributed by atoms with Crippen LogP contribution in [0.3, 0.4) is 0 Å². The maximum absolute atomic E-state index is 14.6. The Morgan fingerprint density at radius 2 is 2.12 bits per heavy atom. The lowest BCUT2D eigenvalue weighted by atomic mass is 10.0. The van der Waals surface area contributed by atoms with E-state index in [9.17, 15) is 23.9 Å². The van der Waals surface area contributed by atoms with E-state index >= 15 is 0 Å². The van der Waals surface area contributed by atoms with Crippen LogP contribution in [0.25, 0.3) is 16.9 Å².